The van der Waals surface area contributed by atoms with Crippen LogP contribution in [-0.4, -0.2) is 19.6 Å². The molecule has 0 spiro atoms. The van der Waals surface area contributed by atoms with Gasteiger partial charge < -0.3 is 0 Å². The van der Waals surface area contributed by atoms with Gasteiger partial charge in [0.2, 0.25) is 5.28 Å². The topological polar surface area (TPSA) is 43.1 Å². The molecule has 0 aliphatic heterocycles. The number of benzene rings is 1. The van der Waals surface area contributed by atoms with Crippen molar-refractivity contribution in [3.05, 3.63) is 35.4 Å². The molecule has 0 bridgehead atoms. The molecule has 4 rings (SSSR count). The van der Waals surface area contributed by atoms with Crippen LogP contribution in [0.4, 0.5) is 0 Å². The Kier molecular flexibility index (Phi) is 1.74. The molecule has 1 aromatic carbocycles. The molecule has 4 nitrogen and oxygen atoms in total. The predicted octanol–water partition coefficient (Wildman–Crippen LogP) is 2.81. The van der Waals surface area contributed by atoms with Gasteiger partial charge in [0.25, 0.3) is 0 Å². The zero-order valence-electron chi connectivity index (χ0n) is 8.97. The summed E-state index contributed by atoms with van der Waals surface area (Å²) in [5.74, 6) is 1.41. The van der Waals surface area contributed by atoms with Crippen LogP contribution in [-0.2, 0) is 0 Å². The van der Waals surface area contributed by atoms with E-state index in [2.05, 4.69) is 15.1 Å². The van der Waals surface area contributed by atoms with E-state index in [1.165, 1.54) is 12.8 Å². The molecule has 2 heterocycles. The first-order valence-electron chi connectivity index (χ1n) is 5.64. The number of nitrogens with zero attached hydrogens (tertiary/aromatic N) is 4. The van der Waals surface area contributed by atoms with Crippen LogP contribution in [0.3, 0.4) is 0 Å². The summed E-state index contributed by atoms with van der Waals surface area (Å²) in [6.07, 6.45) is 2.36. The number of hydrogen-bond donors (Lipinski definition) is 0. The zero-order chi connectivity index (χ0) is 11.4. The molecule has 1 aliphatic rings. The highest BCUT2D eigenvalue weighted by molar-refractivity contribution is 6.29. The highest BCUT2D eigenvalue weighted by Gasteiger charge is 2.28. The molecule has 1 saturated carbocycles. The Morgan fingerprint density at radius 1 is 1.18 bits per heavy atom. The maximum absolute atomic E-state index is 6.12. The fourth-order valence-corrected chi connectivity index (χ4v) is 2.26. The van der Waals surface area contributed by atoms with E-state index in [1.807, 2.05) is 24.3 Å². The minimum absolute atomic E-state index is 0.373. The van der Waals surface area contributed by atoms with Gasteiger partial charge in [0.1, 0.15) is 0 Å². The minimum Gasteiger partial charge on any atom is -0.218 e. The van der Waals surface area contributed by atoms with Crippen LogP contribution in [0.15, 0.2) is 24.3 Å². The Labute approximate surface area is 102 Å². The molecule has 5 heteroatoms. The van der Waals surface area contributed by atoms with Crippen molar-refractivity contribution in [1.29, 1.82) is 0 Å². The Bertz CT molecular complexity index is 730. The van der Waals surface area contributed by atoms with Gasteiger partial charge in [0.15, 0.2) is 11.5 Å². The lowest BCUT2D eigenvalue weighted by Gasteiger charge is -1.99. The van der Waals surface area contributed by atoms with Crippen LogP contribution in [0, 0.1) is 0 Å². The van der Waals surface area contributed by atoms with Crippen LogP contribution in [0.25, 0.3) is 16.6 Å². The zero-order valence-corrected chi connectivity index (χ0v) is 9.72. The highest BCUT2D eigenvalue weighted by Crippen LogP contribution is 2.38. The summed E-state index contributed by atoms with van der Waals surface area (Å²) in [4.78, 5) is 8.91. The first kappa shape index (κ1) is 9.36. The van der Waals surface area contributed by atoms with E-state index in [0.717, 1.165) is 22.4 Å². The van der Waals surface area contributed by atoms with E-state index in [-0.39, 0.29) is 0 Å². The fraction of sp³-hybridized carbons (Fsp3) is 0.250. The van der Waals surface area contributed by atoms with Crippen molar-refractivity contribution < 1.29 is 0 Å². The monoisotopic (exact) mass is 244 g/mol. The molecule has 1 aliphatic carbocycles. The van der Waals surface area contributed by atoms with Gasteiger partial charge in [-0.25, -0.2) is 9.97 Å². The van der Waals surface area contributed by atoms with Gasteiger partial charge in [-0.2, -0.15) is 4.52 Å². The number of aromatic nitrogens is 4. The number of halogens is 1. The number of para-hydroxylation sites is 1. The third kappa shape index (κ3) is 1.34. The first-order chi connectivity index (χ1) is 8.33. The van der Waals surface area contributed by atoms with Crippen molar-refractivity contribution in [2.45, 2.75) is 18.8 Å². The summed E-state index contributed by atoms with van der Waals surface area (Å²) in [6, 6.07) is 7.86. The summed E-state index contributed by atoms with van der Waals surface area (Å²) >= 11 is 6.12. The molecular formula is C12H9ClN4. The second-order valence-corrected chi connectivity index (χ2v) is 4.72. The third-order valence-electron chi connectivity index (χ3n) is 3.10. The standard InChI is InChI=1S/C12H9ClN4/c13-12-14-9-4-2-1-3-8(9)11-15-10(7-5-6-7)16-17(11)12/h1-4,7H,5-6H2. The van der Waals surface area contributed by atoms with E-state index < -0.39 is 0 Å². The Morgan fingerprint density at radius 3 is 2.82 bits per heavy atom. The molecule has 0 amide bonds. The molecule has 2 aromatic heterocycles. The van der Waals surface area contributed by atoms with Gasteiger partial charge >= 0.3 is 0 Å². The lowest BCUT2D eigenvalue weighted by atomic mass is 10.2. The van der Waals surface area contributed by atoms with Crippen LogP contribution in [0.1, 0.15) is 24.6 Å². The van der Waals surface area contributed by atoms with Crippen molar-refractivity contribution in [2.75, 3.05) is 0 Å². The maximum Gasteiger partial charge on any atom is 0.226 e. The molecule has 0 N–H and O–H groups in total. The van der Waals surface area contributed by atoms with Gasteiger partial charge in [-0.3, -0.25) is 0 Å². The SMILES string of the molecule is Clc1nc2ccccc2c2nc(C3CC3)nn12. The highest BCUT2D eigenvalue weighted by atomic mass is 35.5. The first-order valence-corrected chi connectivity index (χ1v) is 6.01. The number of hydrogen-bond acceptors (Lipinski definition) is 3. The quantitative estimate of drug-likeness (QED) is 0.618. The molecule has 0 saturated heterocycles. The lowest BCUT2D eigenvalue weighted by Crippen LogP contribution is -1.94. The van der Waals surface area contributed by atoms with E-state index in [0.29, 0.717) is 11.2 Å². The third-order valence-corrected chi connectivity index (χ3v) is 3.34. The smallest absolute Gasteiger partial charge is 0.218 e. The fourth-order valence-electron chi connectivity index (χ4n) is 2.05. The molecule has 0 unspecified atom stereocenters. The lowest BCUT2D eigenvalue weighted by molar-refractivity contribution is 0.866. The van der Waals surface area contributed by atoms with Crippen molar-refractivity contribution in [1.82, 2.24) is 19.6 Å². The summed E-state index contributed by atoms with van der Waals surface area (Å²) in [5.41, 5.74) is 1.67. The van der Waals surface area contributed by atoms with E-state index in [4.69, 9.17) is 11.6 Å². The van der Waals surface area contributed by atoms with Gasteiger partial charge in [0, 0.05) is 11.3 Å². The van der Waals surface area contributed by atoms with E-state index >= 15 is 0 Å². The number of rotatable bonds is 1. The van der Waals surface area contributed by atoms with Crippen molar-refractivity contribution >= 4 is 28.2 Å². The second kappa shape index (κ2) is 3.17. The largest absolute Gasteiger partial charge is 0.226 e. The molecule has 84 valence electrons. The van der Waals surface area contributed by atoms with Crippen LogP contribution in [0.5, 0.6) is 0 Å². The van der Waals surface area contributed by atoms with Gasteiger partial charge in [-0.15, -0.1) is 5.10 Å². The van der Waals surface area contributed by atoms with Gasteiger partial charge in [-0.05, 0) is 36.6 Å². The minimum atomic E-state index is 0.373. The molecule has 0 radical (unpaired) electrons. The second-order valence-electron chi connectivity index (χ2n) is 4.38. The molecular weight excluding hydrogens is 236 g/mol. The summed E-state index contributed by atoms with van der Waals surface area (Å²) in [5, 5.41) is 5.81. The molecule has 3 aromatic rings. The molecule has 0 atom stereocenters. The van der Waals surface area contributed by atoms with Crippen molar-refractivity contribution in [2.24, 2.45) is 0 Å². The van der Waals surface area contributed by atoms with Crippen LogP contribution < -0.4 is 0 Å². The van der Waals surface area contributed by atoms with E-state index in [1.54, 1.807) is 4.52 Å². The van der Waals surface area contributed by atoms with Crippen LogP contribution in [0.2, 0.25) is 5.28 Å². The number of fused-ring (bicyclic) bond motifs is 3. The summed E-state index contributed by atoms with van der Waals surface area (Å²) in [6.45, 7) is 0. The Hall–Kier alpha value is -1.68. The van der Waals surface area contributed by atoms with E-state index in [9.17, 15) is 0 Å². The summed E-state index contributed by atoms with van der Waals surface area (Å²) < 4.78 is 1.64. The molecule has 17 heavy (non-hydrogen) atoms. The maximum atomic E-state index is 6.12. The van der Waals surface area contributed by atoms with Gasteiger partial charge in [-0.1, -0.05) is 12.1 Å². The predicted molar refractivity (Wildman–Crippen MR) is 65.3 cm³/mol. The average Bonchev–Trinajstić information content (AvgIpc) is 3.09. The van der Waals surface area contributed by atoms with Crippen LogP contribution >= 0.6 is 11.6 Å². The normalized spacial score (nSPS) is 15.8. The van der Waals surface area contributed by atoms with Gasteiger partial charge in [0.05, 0.1) is 5.52 Å². The molecule has 1 fully saturated rings. The average molecular weight is 245 g/mol. The van der Waals surface area contributed by atoms with Crippen molar-refractivity contribution in [3.63, 3.8) is 0 Å². The van der Waals surface area contributed by atoms with Crippen molar-refractivity contribution in [3.8, 4) is 0 Å². The Morgan fingerprint density at radius 2 is 2.00 bits per heavy atom. The summed E-state index contributed by atoms with van der Waals surface area (Å²) in [7, 11) is 0. The Balaban J connectivity index is 2.15.